The largest absolute Gasteiger partial charge is 0.496 e. The summed E-state index contributed by atoms with van der Waals surface area (Å²) in [6.07, 6.45) is 27.0. The minimum atomic E-state index is -0.179. The second-order valence-corrected chi connectivity index (χ2v) is 18.7. The van der Waals surface area contributed by atoms with E-state index in [0.29, 0.717) is 24.3 Å². The van der Waals surface area contributed by atoms with Gasteiger partial charge >= 0.3 is 0 Å². The second-order valence-electron chi connectivity index (χ2n) is 18.7. The number of nitrogens with zero attached hydrogens (tertiary/aromatic N) is 4. The molecule has 9 rings (SSSR count). The summed E-state index contributed by atoms with van der Waals surface area (Å²) in [4.78, 5) is 4.70. The van der Waals surface area contributed by atoms with E-state index in [2.05, 4.69) is 220 Å². The third-order valence-corrected chi connectivity index (χ3v) is 13.9. The molecule has 0 bridgehead atoms. The summed E-state index contributed by atoms with van der Waals surface area (Å²) in [5, 5.41) is 24.6. The molecule has 6 heteroatoms. The summed E-state index contributed by atoms with van der Waals surface area (Å²) in [5.74, 6) is 1.79. The molecule has 1 atom stereocenters. The van der Waals surface area contributed by atoms with Crippen molar-refractivity contribution in [2.24, 2.45) is 5.92 Å². The normalized spacial score (nSPS) is 17.2. The number of ether oxygens (including phenoxy) is 2. The Balaban J connectivity index is 1.27. The number of rotatable bonds is 13. The van der Waals surface area contributed by atoms with Gasteiger partial charge in [0.1, 0.15) is 5.75 Å². The number of hydrogen-bond donors (Lipinski definition) is 0. The Morgan fingerprint density at radius 2 is 1.49 bits per heavy atom. The molecule has 1 unspecified atom stereocenters. The topological polar surface area (TPSA) is 72.5 Å². The number of para-hydroxylation sites is 2. The van der Waals surface area contributed by atoms with E-state index in [9.17, 15) is 10.5 Å². The van der Waals surface area contributed by atoms with Crippen LogP contribution in [0.15, 0.2) is 181 Å². The van der Waals surface area contributed by atoms with Crippen LogP contribution < -0.4 is 40.1 Å². The lowest BCUT2D eigenvalue weighted by Gasteiger charge is -2.30. The number of allylic oxidation sites excluding steroid dienone is 8. The molecule has 0 heterocycles. The average Bonchev–Trinajstić information content (AvgIpc) is 3.79. The van der Waals surface area contributed by atoms with Gasteiger partial charge in [-0.15, -0.1) is 0 Å². The zero-order valence-electron chi connectivity index (χ0n) is 42.3. The van der Waals surface area contributed by atoms with Gasteiger partial charge in [-0.2, -0.15) is 10.5 Å². The van der Waals surface area contributed by atoms with Gasteiger partial charge in [0, 0.05) is 45.5 Å². The standard InChI is InChI=1S/C66H62N4O2/c1-7-17-52-42-56(69(54-37-33-48(44-68)34-38-54)55-25-14-22-51(41-55)58-28-15-27-57(45(3)4)65(58)71-5)24-13-20-49-35-39-60-61(64(49)52)26-9-10-30-62(60)70(53-23-12-19-47(43-67)32-36-53)63-31-16-29-59(66(63)72-6)50-21-11-18-46(8-2)40-50/h7,10-11,14-18,20-41,45,47H,8-9,12-13,19,42H2,1-6H3/b17-7-,49-20-,56-24+,64-52+. The minimum absolute atomic E-state index is 0.179. The van der Waals surface area contributed by atoms with E-state index in [4.69, 9.17) is 9.47 Å². The fourth-order valence-corrected chi connectivity index (χ4v) is 10.5. The van der Waals surface area contributed by atoms with Gasteiger partial charge in [0.25, 0.3) is 0 Å². The fraction of sp³-hybridized carbons (Fsp3) is 0.212. The smallest absolute Gasteiger partial charge is 0.150 e. The molecule has 6 nitrogen and oxygen atoms in total. The maximum Gasteiger partial charge on any atom is 0.150 e. The number of fused-ring (bicyclic) bond motifs is 3. The number of benzene rings is 6. The zero-order valence-corrected chi connectivity index (χ0v) is 42.3. The second kappa shape index (κ2) is 22.2. The van der Waals surface area contributed by atoms with Gasteiger partial charge in [0.05, 0.1) is 49.2 Å². The van der Waals surface area contributed by atoms with Gasteiger partial charge in [0.15, 0.2) is 5.75 Å². The van der Waals surface area contributed by atoms with Gasteiger partial charge in [-0.05, 0) is 143 Å². The van der Waals surface area contributed by atoms with Crippen molar-refractivity contribution in [1.29, 1.82) is 10.5 Å². The number of methoxy groups -OCH3 is 2. The van der Waals surface area contributed by atoms with Gasteiger partial charge in [-0.1, -0.05) is 148 Å². The maximum atomic E-state index is 10.1. The first-order valence-corrected chi connectivity index (χ1v) is 25.3. The monoisotopic (exact) mass is 942 g/mol. The highest BCUT2D eigenvalue weighted by Gasteiger charge is 2.25. The van der Waals surface area contributed by atoms with Gasteiger partial charge < -0.3 is 19.3 Å². The van der Waals surface area contributed by atoms with E-state index in [1.165, 1.54) is 32.4 Å². The van der Waals surface area contributed by atoms with Crippen LogP contribution in [-0.4, -0.2) is 14.2 Å². The molecule has 0 spiro atoms. The quantitative estimate of drug-likeness (QED) is 0.115. The molecule has 0 amide bonds. The Labute approximate surface area is 425 Å². The highest BCUT2D eigenvalue weighted by Crippen LogP contribution is 2.44. The SMILES string of the molecule is C\C=C/C1=c2\c3c(cc\c2=C\C/C=C(/N(c2ccc(C#N)cc2)c2cccc(-c4cccc(C(C)C)c4OC)c2)C1)=C(N(C1=CCCC(C#N)C=C1)c1cccc(-c2cccc(CC)c2)c1OC)C=CCC=3. The number of nitriles is 2. The van der Waals surface area contributed by atoms with Crippen molar-refractivity contribution in [3.05, 3.63) is 219 Å². The molecule has 0 aromatic heterocycles. The minimum Gasteiger partial charge on any atom is -0.496 e. The summed E-state index contributed by atoms with van der Waals surface area (Å²) < 4.78 is 12.6. The molecule has 72 heavy (non-hydrogen) atoms. The highest BCUT2D eigenvalue weighted by molar-refractivity contribution is 5.89. The van der Waals surface area contributed by atoms with Crippen molar-refractivity contribution in [3.63, 3.8) is 0 Å². The molecule has 0 saturated heterocycles. The van der Waals surface area contributed by atoms with Crippen molar-refractivity contribution < 1.29 is 9.47 Å². The molecular formula is C66H62N4O2. The number of aryl methyl sites for hydroxylation is 1. The number of anilines is 3. The lowest BCUT2D eigenvalue weighted by atomic mass is 9.94. The zero-order chi connectivity index (χ0) is 50.1. The first-order chi connectivity index (χ1) is 35.3. The van der Waals surface area contributed by atoms with Gasteiger partial charge in [-0.3, -0.25) is 0 Å². The first-order valence-electron chi connectivity index (χ1n) is 25.3. The molecule has 3 aliphatic rings. The van der Waals surface area contributed by atoms with Gasteiger partial charge in [-0.25, -0.2) is 0 Å². The van der Waals surface area contributed by atoms with Crippen molar-refractivity contribution in [2.45, 2.75) is 72.1 Å². The predicted molar refractivity (Wildman–Crippen MR) is 298 cm³/mol. The van der Waals surface area contributed by atoms with Crippen LogP contribution in [0.2, 0.25) is 0 Å². The first kappa shape index (κ1) is 48.7. The molecule has 6 aromatic rings. The van der Waals surface area contributed by atoms with Crippen LogP contribution in [0, 0.1) is 28.6 Å². The van der Waals surface area contributed by atoms with Crippen LogP contribution in [0.5, 0.6) is 11.5 Å². The van der Waals surface area contributed by atoms with Crippen LogP contribution in [0.3, 0.4) is 0 Å². The average molecular weight is 943 g/mol. The lowest BCUT2D eigenvalue weighted by molar-refractivity contribution is 0.409. The van der Waals surface area contributed by atoms with E-state index in [0.717, 1.165) is 98.8 Å². The fourth-order valence-electron chi connectivity index (χ4n) is 10.5. The van der Waals surface area contributed by atoms with E-state index in [1.807, 2.05) is 12.1 Å². The molecule has 358 valence electrons. The van der Waals surface area contributed by atoms with Crippen molar-refractivity contribution in [1.82, 2.24) is 0 Å². The lowest BCUT2D eigenvalue weighted by Crippen LogP contribution is -2.51. The molecule has 0 N–H and O–H groups in total. The van der Waals surface area contributed by atoms with Crippen molar-refractivity contribution in [2.75, 3.05) is 24.0 Å². The third kappa shape index (κ3) is 9.87. The highest BCUT2D eigenvalue weighted by atomic mass is 16.5. The van der Waals surface area contributed by atoms with Gasteiger partial charge in [0.2, 0.25) is 0 Å². The summed E-state index contributed by atoms with van der Waals surface area (Å²) in [5.41, 5.74) is 14.5. The van der Waals surface area contributed by atoms with Crippen molar-refractivity contribution >= 4 is 40.5 Å². The Morgan fingerprint density at radius 3 is 2.22 bits per heavy atom. The molecule has 0 aliphatic heterocycles. The van der Waals surface area contributed by atoms with Crippen LogP contribution >= 0.6 is 0 Å². The Hall–Kier alpha value is -8.32. The predicted octanol–water partition coefficient (Wildman–Crippen LogP) is 13.3. The Morgan fingerprint density at radius 1 is 0.736 bits per heavy atom. The molecule has 3 aliphatic carbocycles. The van der Waals surface area contributed by atoms with Crippen LogP contribution in [0.4, 0.5) is 17.1 Å². The van der Waals surface area contributed by atoms with Crippen LogP contribution in [-0.2, 0) is 6.42 Å². The molecule has 0 fully saturated rings. The maximum absolute atomic E-state index is 10.1. The molecule has 6 aromatic carbocycles. The molecular weight excluding hydrogens is 881 g/mol. The summed E-state index contributed by atoms with van der Waals surface area (Å²) in [6, 6.07) is 47.6. The van der Waals surface area contributed by atoms with E-state index in [1.54, 1.807) is 14.2 Å². The summed E-state index contributed by atoms with van der Waals surface area (Å²) in [6.45, 7) is 8.68. The van der Waals surface area contributed by atoms with E-state index >= 15 is 0 Å². The Bertz CT molecular complexity index is 3540. The van der Waals surface area contributed by atoms with Crippen LogP contribution in [0.1, 0.15) is 82.4 Å². The summed E-state index contributed by atoms with van der Waals surface area (Å²) in [7, 11) is 3.53. The number of hydrogen-bond acceptors (Lipinski definition) is 6. The summed E-state index contributed by atoms with van der Waals surface area (Å²) >= 11 is 0. The molecule has 0 radical (unpaired) electrons. The molecule has 0 saturated carbocycles. The Kier molecular flexibility index (Phi) is 15.0. The van der Waals surface area contributed by atoms with E-state index < -0.39 is 0 Å². The third-order valence-electron chi connectivity index (χ3n) is 13.9. The van der Waals surface area contributed by atoms with Crippen LogP contribution in [0.25, 0.3) is 45.7 Å². The van der Waals surface area contributed by atoms with E-state index in [-0.39, 0.29) is 5.92 Å². The van der Waals surface area contributed by atoms with Crippen molar-refractivity contribution in [3.8, 4) is 45.9 Å².